The van der Waals surface area contributed by atoms with E-state index in [2.05, 4.69) is 142 Å². The van der Waals surface area contributed by atoms with Gasteiger partial charge < -0.3 is 0 Å². The predicted molar refractivity (Wildman–Crippen MR) is 177 cm³/mol. The molecule has 5 aromatic rings. The molecule has 0 nitrogen and oxygen atoms in total. The Morgan fingerprint density at radius 3 is 1.50 bits per heavy atom. The third-order valence-corrected chi connectivity index (χ3v) is 8.51. The molecule has 0 saturated carbocycles. The molecule has 5 aromatic carbocycles. The molecule has 0 spiro atoms. The summed E-state index contributed by atoms with van der Waals surface area (Å²) in [6, 6.07) is 40.4. The average Bonchev–Trinajstić information content (AvgIpc) is 3.59. The van der Waals surface area contributed by atoms with E-state index in [1.54, 1.807) is 11.1 Å². The Bertz CT molecular complexity index is 1450. The summed E-state index contributed by atoms with van der Waals surface area (Å²) in [5.41, 5.74) is 7.34. The van der Waals surface area contributed by atoms with E-state index in [0.29, 0.717) is 0 Å². The number of halogens is 2. The van der Waals surface area contributed by atoms with E-state index in [-0.39, 0.29) is 24.8 Å². The first-order chi connectivity index (χ1) is 18.7. The van der Waals surface area contributed by atoms with Gasteiger partial charge in [0.2, 0.25) is 0 Å². The summed E-state index contributed by atoms with van der Waals surface area (Å²) in [5, 5.41) is 5.39. The van der Waals surface area contributed by atoms with E-state index in [1.807, 2.05) is 0 Å². The second kappa shape index (κ2) is 17.4. The number of fused-ring (bicyclic) bond motifs is 3. The van der Waals surface area contributed by atoms with Crippen LogP contribution in [0.2, 0.25) is 0 Å². The fourth-order valence-electron chi connectivity index (χ4n) is 5.06. The number of benzene rings is 4. The van der Waals surface area contributed by atoms with Crippen molar-refractivity contribution >= 4 is 49.6 Å². The van der Waals surface area contributed by atoms with E-state index in [9.17, 15) is 0 Å². The van der Waals surface area contributed by atoms with Gasteiger partial charge in [-0.1, -0.05) is 76.4 Å². The summed E-state index contributed by atoms with van der Waals surface area (Å²) < 4.78 is 1.42. The summed E-state index contributed by atoms with van der Waals surface area (Å²) in [4.78, 5) is 0. The number of allylic oxidation sites excluding steroid dienone is 4. The molecular formula is C37H38Cl2Zr. The van der Waals surface area contributed by atoms with Crippen LogP contribution in [0.1, 0.15) is 57.6 Å². The predicted octanol–water partition coefficient (Wildman–Crippen LogP) is 11.0. The van der Waals surface area contributed by atoms with E-state index in [4.69, 9.17) is 0 Å². The first kappa shape index (κ1) is 33.8. The smallest absolute Gasteiger partial charge is 0.0771 e. The molecule has 0 unspecified atom stereocenters. The molecule has 1 aliphatic carbocycles. The Morgan fingerprint density at radius 2 is 1.07 bits per heavy atom. The normalized spacial score (nSPS) is 11.9. The largest absolute Gasteiger partial charge is 0.126 e. The van der Waals surface area contributed by atoms with Gasteiger partial charge in [-0.15, -0.1) is 71.0 Å². The van der Waals surface area contributed by atoms with E-state index in [1.165, 1.54) is 78.5 Å². The first-order valence-electron chi connectivity index (χ1n) is 13.7. The van der Waals surface area contributed by atoms with Crippen LogP contribution in [0, 0.1) is 6.08 Å². The van der Waals surface area contributed by atoms with Crippen LogP contribution in [-0.4, -0.2) is 3.21 Å². The van der Waals surface area contributed by atoms with Crippen molar-refractivity contribution in [2.24, 2.45) is 0 Å². The molecule has 1 aliphatic rings. The molecule has 0 saturated heterocycles. The minimum atomic E-state index is 0. The summed E-state index contributed by atoms with van der Waals surface area (Å²) >= 11 is 1.46. The third-order valence-electron chi connectivity index (χ3n) is 7.09. The summed E-state index contributed by atoms with van der Waals surface area (Å²) in [7, 11) is 0. The fraction of sp³-hybridized carbons (Fsp3) is 0.189. The Labute approximate surface area is 267 Å². The van der Waals surface area contributed by atoms with Gasteiger partial charge in [-0.3, -0.25) is 6.08 Å². The van der Waals surface area contributed by atoms with Gasteiger partial charge in [-0.2, -0.15) is 11.1 Å². The van der Waals surface area contributed by atoms with Crippen LogP contribution in [0.25, 0.3) is 21.5 Å². The van der Waals surface area contributed by atoms with E-state index < -0.39 is 0 Å². The SMILES string of the molecule is CCC1=[C-]CC(CC)=C1CC.Cl.Cl.[Zr+2]=[C](c1ccccc1)c1ccccc1.c1ccc2c(c1)[cH-]c1ccccc12. The standard InChI is InChI=1S/C13H9.C13H10.C11H17.2ClH.Zr/c1-3-7-12-10(5-1)9-11-6-2-4-8-13(11)12;1-3-7-12(8-4-1)11-13-9-5-2-6-10-13;1-4-9-7-8-10(5-2)11(9)6-3;;;/h1-9H;1-10H;4-7H2,1-3H3;2*1H;/q-1;;-1;;;+2. The second-order valence-electron chi connectivity index (χ2n) is 9.40. The molecule has 3 heteroatoms. The maximum atomic E-state index is 3.45. The molecule has 0 aromatic heterocycles. The monoisotopic (exact) mass is 642 g/mol. The van der Waals surface area contributed by atoms with E-state index in [0.717, 1.165) is 12.8 Å². The molecule has 0 N–H and O–H groups in total. The number of hydrogen-bond donors (Lipinski definition) is 0. The molecular weight excluding hydrogens is 607 g/mol. The molecule has 0 heterocycles. The van der Waals surface area contributed by atoms with Gasteiger partial charge in [-0.05, 0) is 0 Å². The average molecular weight is 645 g/mol. The second-order valence-corrected chi connectivity index (χ2v) is 10.6. The van der Waals surface area contributed by atoms with E-state index >= 15 is 0 Å². The van der Waals surface area contributed by atoms with Crippen LogP contribution in [-0.2, 0) is 24.2 Å². The van der Waals surface area contributed by atoms with Crippen molar-refractivity contribution in [1.82, 2.24) is 0 Å². The van der Waals surface area contributed by atoms with Crippen molar-refractivity contribution < 1.29 is 24.2 Å². The summed E-state index contributed by atoms with van der Waals surface area (Å²) in [5.74, 6) is 0. The van der Waals surface area contributed by atoms with Gasteiger partial charge in [0.15, 0.2) is 0 Å². The topological polar surface area (TPSA) is 0 Å². The van der Waals surface area contributed by atoms with Crippen molar-refractivity contribution in [1.29, 1.82) is 0 Å². The Balaban J connectivity index is 0.000000207. The molecule has 0 amide bonds. The summed E-state index contributed by atoms with van der Waals surface area (Å²) in [6.45, 7) is 6.70. The van der Waals surface area contributed by atoms with Gasteiger partial charge >= 0.3 is 99.2 Å². The van der Waals surface area contributed by atoms with Crippen molar-refractivity contribution in [2.75, 3.05) is 0 Å². The van der Waals surface area contributed by atoms with Crippen LogP contribution in [0.4, 0.5) is 0 Å². The molecule has 40 heavy (non-hydrogen) atoms. The molecule has 204 valence electrons. The van der Waals surface area contributed by atoms with Crippen LogP contribution < -0.4 is 0 Å². The Kier molecular flexibility index (Phi) is 14.7. The minimum absolute atomic E-state index is 0. The van der Waals surface area contributed by atoms with Gasteiger partial charge in [0, 0.05) is 0 Å². The molecule has 0 aliphatic heterocycles. The van der Waals surface area contributed by atoms with Gasteiger partial charge in [0.1, 0.15) is 0 Å². The Morgan fingerprint density at radius 1 is 0.625 bits per heavy atom. The molecule has 0 fully saturated rings. The molecule has 0 radical (unpaired) electrons. The van der Waals surface area contributed by atoms with Crippen molar-refractivity contribution in [3.05, 3.63) is 149 Å². The van der Waals surface area contributed by atoms with Crippen LogP contribution in [0.15, 0.2) is 132 Å². The zero-order chi connectivity index (χ0) is 26.7. The minimum Gasteiger partial charge on any atom is -0.126 e. The fourth-order valence-corrected chi connectivity index (χ4v) is 5.88. The van der Waals surface area contributed by atoms with Crippen LogP contribution in [0.5, 0.6) is 0 Å². The number of rotatable bonds is 5. The van der Waals surface area contributed by atoms with Crippen molar-refractivity contribution in [2.45, 2.75) is 46.5 Å². The first-order valence-corrected chi connectivity index (χ1v) is 14.9. The molecule has 0 atom stereocenters. The van der Waals surface area contributed by atoms with Crippen molar-refractivity contribution in [3.63, 3.8) is 0 Å². The molecule has 6 rings (SSSR count). The van der Waals surface area contributed by atoms with Gasteiger partial charge in [-0.25, -0.2) is 5.57 Å². The molecule has 0 bridgehead atoms. The quantitative estimate of drug-likeness (QED) is 0.167. The number of hydrogen-bond acceptors (Lipinski definition) is 0. The summed E-state index contributed by atoms with van der Waals surface area (Å²) in [6.07, 6.45) is 8.11. The van der Waals surface area contributed by atoms with Crippen LogP contribution in [0.3, 0.4) is 0 Å². The van der Waals surface area contributed by atoms with Crippen LogP contribution >= 0.6 is 24.8 Å². The van der Waals surface area contributed by atoms with Crippen molar-refractivity contribution in [3.8, 4) is 0 Å². The maximum absolute atomic E-state index is 3.45. The van der Waals surface area contributed by atoms with Gasteiger partial charge in [0.05, 0.1) is 0 Å². The zero-order valence-corrected chi connectivity index (χ0v) is 27.7. The maximum Gasteiger partial charge on any atom is -0.0771 e. The third kappa shape index (κ3) is 8.53. The van der Waals surface area contributed by atoms with Gasteiger partial charge in [0.25, 0.3) is 0 Å². The Hall–Kier alpha value is -2.44. The zero-order valence-electron chi connectivity index (χ0n) is 23.6.